The second-order valence-corrected chi connectivity index (χ2v) is 3.39. The summed E-state index contributed by atoms with van der Waals surface area (Å²) >= 11 is 0. The van der Waals surface area contributed by atoms with Crippen LogP contribution in [0.1, 0.15) is 11.3 Å². The minimum absolute atomic E-state index is 0.121. The van der Waals surface area contributed by atoms with Crippen LogP contribution in [-0.2, 0) is 0 Å². The number of benzene rings is 1. The molecule has 0 saturated carbocycles. The van der Waals surface area contributed by atoms with Gasteiger partial charge < -0.3 is 5.21 Å². The van der Waals surface area contributed by atoms with E-state index in [4.69, 9.17) is 4.52 Å². The van der Waals surface area contributed by atoms with E-state index in [0.29, 0.717) is 5.69 Å². The zero-order chi connectivity index (χ0) is 11.5. The molecule has 82 valence electrons. The van der Waals surface area contributed by atoms with Crippen LogP contribution in [0.2, 0.25) is 0 Å². The topological polar surface area (TPSA) is 77.7 Å². The second kappa shape index (κ2) is 4.09. The van der Waals surface area contributed by atoms with Gasteiger partial charge in [-0.15, -0.1) is 5.11 Å². The van der Waals surface area contributed by atoms with E-state index in [1.807, 2.05) is 31.2 Å². The van der Waals surface area contributed by atoms with E-state index in [1.165, 1.54) is 0 Å². The first kappa shape index (κ1) is 10.3. The molecule has 0 aliphatic rings. The monoisotopic (exact) mass is 218 g/mol. The largest absolute Gasteiger partial charge is 0.775 e. The second-order valence-electron chi connectivity index (χ2n) is 3.39. The SMILES string of the molecule is Cc1ccc(-[n+]2noc(/N=N/[O-])c2C)cc1. The van der Waals surface area contributed by atoms with Gasteiger partial charge in [0.2, 0.25) is 11.0 Å². The van der Waals surface area contributed by atoms with Gasteiger partial charge in [-0.1, -0.05) is 17.7 Å². The average Bonchev–Trinajstić information content (AvgIpc) is 2.63. The van der Waals surface area contributed by atoms with Crippen LogP contribution in [0.4, 0.5) is 5.88 Å². The maximum atomic E-state index is 10.0. The molecule has 0 aliphatic carbocycles. The van der Waals surface area contributed by atoms with E-state index in [9.17, 15) is 5.21 Å². The molecule has 0 spiro atoms. The van der Waals surface area contributed by atoms with E-state index >= 15 is 0 Å². The fraction of sp³-hybridized carbons (Fsp3) is 0.200. The minimum Gasteiger partial charge on any atom is -0.775 e. The molecule has 1 aromatic carbocycles. The maximum absolute atomic E-state index is 10.0. The van der Waals surface area contributed by atoms with Crippen molar-refractivity contribution in [2.24, 2.45) is 10.4 Å². The molecule has 16 heavy (non-hydrogen) atoms. The number of rotatable bonds is 2. The number of hydrogen-bond acceptors (Lipinski definition) is 5. The smallest absolute Gasteiger partial charge is 0.342 e. The zero-order valence-electron chi connectivity index (χ0n) is 8.91. The van der Waals surface area contributed by atoms with E-state index in [0.717, 1.165) is 11.3 Å². The van der Waals surface area contributed by atoms with Crippen molar-refractivity contribution in [2.45, 2.75) is 13.8 Å². The Bertz CT molecular complexity index is 516. The molecule has 6 nitrogen and oxygen atoms in total. The van der Waals surface area contributed by atoms with Crippen molar-refractivity contribution in [3.63, 3.8) is 0 Å². The Morgan fingerprint density at radius 1 is 1.25 bits per heavy atom. The molecular weight excluding hydrogens is 208 g/mol. The fourth-order valence-electron chi connectivity index (χ4n) is 1.35. The minimum atomic E-state index is 0.121. The molecule has 0 saturated heterocycles. The standard InChI is InChI=1S/C10H10N4O2/c1-7-3-5-9(6-4-7)14-8(2)10(11-12-15)16-13-14/h3-6H,1-2H3. The van der Waals surface area contributed by atoms with Gasteiger partial charge in [0.05, 0.1) is 0 Å². The van der Waals surface area contributed by atoms with Crippen LogP contribution in [0.15, 0.2) is 39.2 Å². The quantitative estimate of drug-likeness (QED) is 0.440. The van der Waals surface area contributed by atoms with Gasteiger partial charge in [-0.25, -0.2) is 5.28 Å². The summed E-state index contributed by atoms with van der Waals surface area (Å²) in [5.74, 6) is 0.121. The first-order chi connectivity index (χ1) is 7.72. The molecule has 0 N–H and O–H groups in total. The van der Waals surface area contributed by atoms with Crippen LogP contribution >= 0.6 is 0 Å². The first-order valence-electron chi connectivity index (χ1n) is 4.71. The molecule has 0 radical (unpaired) electrons. The van der Waals surface area contributed by atoms with Gasteiger partial charge in [0.15, 0.2) is 0 Å². The van der Waals surface area contributed by atoms with Crippen molar-refractivity contribution >= 4 is 5.88 Å². The summed E-state index contributed by atoms with van der Waals surface area (Å²) in [6.07, 6.45) is 0. The lowest BCUT2D eigenvalue weighted by atomic mass is 10.2. The van der Waals surface area contributed by atoms with Gasteiger partial charge in [-0.2, -0.15) is 0 Å². The molecule has 6 heteroatoms. The first-order valence-corrected chi connectivity index (χ1v) is 4.71. The van der Waals surface area contributed by atoms with Crippen molar-refractivity contribution in [3.05, 3.63) is 40.7 Å². The summed E-state index contributed by atoms with van der Waals surface area (Å²) in [5.41, 5.74) is 2.63. The van der Waals surface area contributed by atoms with Gasteiger partial charge in [0.1, 0.15) is 0 Å². The summed E-state index contributed by atoms with van der Waals surface area (Å²) in [6, 6.07) is 7.74. The van der Waals surface area contributed by atoms with Crippen LogP contribution in [0.25, 0.3) is 5.69 Å². The molecule has 0 amide bonds. The predicted octanol–water partition coefficient (Wildman–Crippen LogP) is 2.15. The number of nitrogens with zero attached hydrogens (tertiary/aromatic N) is 4. The molecular formula is C10H10N4O2. The molecule has 2 rings (SSSR count). The van der Waals surface area contributed by atoms with Gasteiger partial charge in [-0.3, -0.25) is 4.52 Å². The summed E-state index contributed by atoms with van der Waals surface area (Å²) in [7, 11) is 0. The van der Waals surface area contributed by atoms with Gasteiger partial charge in [0, 0.05) is 19.1 Å². The zero-order valence-corrected chi connectivity index (χ0v) is 8.91. The third-order valence-electron chi connectivity index (χ3n) is 2.25. The lowest BCUT2D eigenvalue weighted by Gasteiger charge is -1.91. The van der Waals surface area contributed by atoms with Crippen molar-refractivity contribution in [1.29, 1.82) is 0 Å². The summed E-state index contributed by atoms with van der Waals surface area (Å²) < 4.78 is 6.43. The molecule has 0 atom stereocenters. The predicted molar refractivity (Wildman–Crippen MR) is 55.4 cm³/mol. The van der Waals surface area contributed by atoms with Crippen molar-refractivity contribution in [3.8, 4) is 5.69 Å². The third kappa shape index (κ3) is 1.77. The highest BCUT2D eigenvalue weighted by Gasteiger charge is 2.21. The van der Waals surface area contributed by atoms with E-state index in [2.05, 4.69) is 15.7 Å². The number of aromatic nitrogens is 2. The summed E-state index contributed by atoms with van der Waals surface area (Å²) in [4.78, 5) is 0. The van der Waals surface area contributed by atoms with Crippen LogP contribution in [0.5, 0.6) is 0 Å². The van der Waals surface area contributed by atoms with Gasteiger partial charge >= 0.3 is 5.88 Å². The molecule has 1 aromatic heterocycles. The van der Waals surface area contributed by atoms with E-state index in [-0.39, 0.29) is 5.88 Å². The Labute approximate surface area is 91.8 Å². The Hall–Kier alpha value is -2.24. The molecule has 0 fully saturated rings. The highest BCUT2D eigenvalue weighted by Crippen LogP contribution is 2.15. The fourth-order valence-corrected chi connectivity index (χ4v) is 1.35. The van der Waals surface area contributed by atoms with Crippen molar-refractivity contribution < 1.29 is 9.20 Å². The van der Waals surface area contributed by atoms with Gasteiger partial charge in [-0.05, 0) is 11.6 Å². The number of aryl methyl sites for hydroxylation is 1. The van der Waals surface area contributed by atoms with Crippen LogP contribution < -0.4 is 4.68 Å². The van der Waals surface area contributed by atoms with Crippen molar-refractivity contribution in [1.82, 2.24) is 5.27 Å². The third-order valence-corrected chi connectivity index (χ3v) is 2.25. The lowest BCUT2D eigenvalue weighted by Crippen LogP contribution is -2.34. The van der Waals surface area contributed by atoms with Crippen molar-refractivity contribution in [2.75, 3.05) is 0 Å². The molecule has 0 bridgehead atoms. The maximum Gasteiger partial charge on any atom is 0.342 e. The molecule has 2 aromatic rings. The Morgan fingerprint density at radius 3 is 2.56 bits per heavy atom. The average molecular weight is 218 g/mol. The van der Waals surface area contributed by atoms with E-state index in [1.54, 1.807) is 11.6 Å². The Kier molecular flexibility index (Phi) is 2.63. The van der Waals surface area contributed by atoms with Crippen LogP contribution in [0.3, 0.4) is 0 Å². The molecule has 0 aliphatic heterocycles. The Morgan fingerprint density at radius 2 is 1.94 bits per heavy atom. The van der Waals surface area contributed by atoms with Crippen LogP contribution in [-0.4, -0.2) is 5.27 Å². The normalized spacial score (nSPS) is 11.1. The van der Waals surface area contributed by atoms with E-state index < -0.39 is 0 Å². The molecule has 0 unspecified atom stereocenters. The highest BCUT2D eigenvalue weighted by atomic mass is 16.5. The lowest BCUT2D eigenvalue weighted by molar-refractivity contribution is -0.675. The summed E-state index contributed by atoms with van der Waals surface area (Å²) in [6.45, 7) is 3.75. The van der Waals surface area contributed by atoms with Gasteiger partial charge in [0.25, 0.3) is 5.69 Å². The Balaban J connectivity index is 2.44. The highest BCUT2D eigenvalue weighted by molar-refractivity contribution is 5.29. The molecule has 1 heterocycles. The summed E-state index contributed by atoms with van der Waals surface area (Å²) in [5, 5.41) is 19.5. The van der Waals surface area contributed by atoms with Crippen LogP contribution in [0, 0.1) is 19.1 Å². The number of hydrogen-bond donors (Lipinski definition) is 0.